The number of methoxy groups -OCH3 is 1. The molecule has 0 aliphatic carbocycles. The molecule has 1 aromatic carbocycles. The second-order valence-electron chi connectivity index (χ2n) is 5.13. The van der Waals surface area contributed by atoms with Crippen molar-refractivity contribution in [3.05, 3.63) is 41.2 Å². The molecule has 2 heterocycles. The van der Waals surface area contributed by atoms with E-state index in [-0.39, 0.29) is 22.8 Å². The van der Waals surface area contributed by atoms with E-state index in [0.717, 1.165) is 24.0 Å². The molecular formula is C14H9F3N4O5S2. The van der Waals surface area contributed by atoms with Crippen molar-refractivity contribution in [2.24, 2.45) is 0 Å². The van der Waals surface area contributed by atoms with Gasteiger partial charge in [-0.2, -0.15) is 22.5 Å². The number of carbonyl (C=O) groups excluding carboxylic acids is 1. The van der Waals surface area contributed by atoms with Crippen molar-refractivity contribution in [3.8, 4) is 11.4 Å². The SMILES string of the molecule is COC(=O)c1nscc1S(=O)(=O)Nc1cccc(-c2noc(C(F)(F)F)n2)c1. The molecule has 0 aliphatic rings. The molecule has 9 nitrogen and oxygen atoms in total. The van der Waals surface area contributed by atoms with E-state index < -0.39 is 33.0 Å². The van der Waals surface area contributed by atoms with Gasteiger partial charge in [0.2, 0.25) is 5.82 Å². The monoisotopic (exact) mass is 434 g/mol. The summed E-state index contributed by atoms with van der Waals surface area (Å²) < 4.78 is 77.3. The zero-order valence-electron chi connectivity index (χ0n) is 13.7. The molecule has 0 unspecified atom stereocenters. The number of nitrogens with one attached hydrogen (secondary N) is 1. The normalized spacial score (nSPS) is 12.0. The van der Waals surface area contributed by atoms with Crippen LogP contribution in [0, 0.1) is 0 Å². The van der Waals surface area contributed by atoms with Crippen molar-refractivity contribution >= 4 is 33.2 Å². The number of alkyl halides is 3. The Kier molecular flexibility index (Phi) is 5.08. The molecule has 28 heavy (non-hydrogen) atoms. The average molecular weight is 434 g/mol. The third-order valence-electron chi connectivity index (χ3n) is 3.25. The van der Waals surface area contributed by atoms with Crippen molar-refractivity contribution in [3.63, 3.8) is 0 Å². The van der Waals surface area contributed by atoms with Gasteiger partial charge >= 0.3 is 18.0 Å². The fourth-order valence-electron chi connectivity index (χ4n) is 2.04. The minimum absolute atomic E-state index is 0.00197. The Hall–Kier alpha value is -3.00. The number of sulfonamides is 1. The Morgan fingerprint density at radius 1 is 1.32 bits per heavy atom. The largest absolute Gasteiger partial charge is 0.471 e. The van der Waals surface area contributed by atoms with Crippen LogP contribution in [0.4, 0.5) is 18.9 Å². The number of hydrogen-bond donors (Lipinski definition) is 1. The molecule has 0 spiro atoms. The van der Waals surface area contributed by atoms with E-state index in [9.17, 15) is 26.4 Å². The molecule has 148 valence electrons. The lowest BCUT2D eigenvalue weighted by Gasteiger charge is -2.08. The Morgan fingerprint density at radius 3 is 2.71 bits per heavy atom. The summed E-state index contributed by atoms with van der Waals surface area (Å²) in [6, 6.07) is 5.31. The van der Waals surface area contributed by atoms with E-state index in [1.54, 1.807) is 0 Å². The highest BCUT2D eigenvalue weighted by Crippen LogP contribution is 2.30. The van der Waals surface area contributed by atoms with Crippen LogP contribution < -0.4 is 4.72 Å². The standard InChI is InChI=1S/C14H9F3N4O5S2/c1-25-12(22)10-9(6-27-20-10)28(23,24)21-8-4-2-3-7(5-8)11-18-13(26-19-11)14(15,16)17/h2-6,21H,1H3. The zero-order chi connectivity index (χ0) is 20.5. The lowest BCUT2D eigenvalue weighted by molar-refractivity contribution is -0.159. The summed E-state index contributed by atoms with van der Waals surface area (Å²) >= 11 is 0.743. The molecule has 1 N–H and O–H groups in total. The Balaban J connectivity index is 1.90. The molecule has 3 rings (SSSR count). The first-order valence-electron chi connectivity index (χ1n) is 7.18. The number of rotatable bonds is 5. The molecule has 0 aliphatic heterocycles. The van der Waals surface area contributed by atoms with Crippen LogP contribution in [-0.4, -0.2) is 36.0 Å². The number of nitrogens with zero attached hydrogens (tertiary/aromatic N) is 3. The Bertz CT molecular complexity index is 1120. The Morgan fingerprint density at radius 2 is 2.07 bits per heavy atom. The molecule has 0 amide bonds. The van der Waals surface area contributed by atoms with Gasteiger partial charge in [-0.15, -0.1) is 0 Å². The van der Waals surface area contributed by atoms with E-state index in [1.807, 2.05) is 0 Å². The smallest absolute Gasteiger partial charge is 0.464 e. The summed E-state index contributed by atoms with van der Waals surface area (Å²) in [6.07, 6.45) is -4.80. The summed E-state index contributed by atoms with van der Waals surface area (Å²) in [6.45, 7) is 0. The maximum atomic E-state index is 12.6. The summed E-state index contributed by atoms with van der Waals surface area (Å²) in [5.41, 5.74) is -0.307. The molecular weight excluding hydrogens is 425 g/mol. The van der Waals surface area contributed by atoms with Gasteiger partial charge in [0, 0.05) is 16.6 Å². The second-order valence-corrected chi connectivity index (χ2v) is 7.41. The highest BCUT2D eigenvalue weighted by molar-refractivity contribution is 7.93. The minimum Gasteiger partial charge on any atom is -0.464 e. The number of hydrogen-bond acceptors (Lipinski definition) is 9. The summed E-state index contributed by atoms with van der Waals surface area (Å²) in [4.78, 5) is 14.5. The van der Waals surface area contributed by atoms with Crippen LogP contribution in [0.1, 0.15) is 16.4 Å². The predicted octanol–water partition coefficient (Wildman–Crippen LogP) is 2.80. The van der Waals surface area contributed by atoms with Gasteiger partial charge in [-0.25, -0.2) is 13.2 Å². The maximum absolute atomic E-state index is 12.6. The first-order chi connectivity index (χ1) is 13.1. The molecule has 0 saturated carbocycles. The average Bonchev–Trinajstić information content (AvgIpc) is 3.30. The van der Waals surface area contributed by atoms with Gasteiger partial charge in [-0.1, -0.05) is 17.3 Å². The van der Waals surface area contributed by atoms with Gasteiger partial charge in [0.1, 0.15) is 4.90 Å². The molecule has 0 atom stereocenters. The Labute approximate surface area is 159 Å². The van der Waals surface area contributed by atoms with Crippen LogP contribution in [0.3, 0.4) is 0 Å². The van der Waals surface area contributed by atoms with Gasteiger partial charge in [0.25, 0.3) is 10.0 Å². The molecule has 0 bridgehead atoms. The van der Waals surface area contributed by atoms with Crippen molar-refractivity contribution < 1.29 is 35.6 Å². The van der Waals surface area contributed by atoms with E-state index in [2.05, 4.69) is 28.5 Å². The van der Waals surface area contributed by atoms with Crippen molar-refractivity contribution in [1.82, 2.24) is 14.5 Å². The minimum atomic E-state index is -4.80. The van der Waals surface area contributed by atoms with Crippen molar-refractivity contribution in [2.45, 2.75) is 11.1 Å². The van der Waals surface area contributed by atoms with Crippen LogP contribution in [0.15, 0.2) is 39.1 Å². The number of halogens is 3. The number of anilines is 1. The van der Waals surface area contributed by atoms with Gasteiger partial charge < -0.3 is 9.26 Å². The molecule has 2 aromatic heterocycles. The van der Waals surface area contributed by atoms with Crippen LogP contribution in [0.5, 0.6) is 0 Å². The fourth-order valence-corrected chi connectivity index (χ4v) is 4.20. The zero-order valence-corrected chi connectivity index (χ0v) is 15.4. The molecule has 3 aromatic rings. The second kappa shape index (κ2) is 7.20. The predicted molar refractivity (Wildman–Crippen MR) is 89.0 cm³/mol. The fraction of sp³-hybridized carbons (Fsp3) is 0.143. The van der Waals surface area contributed by atoms with Crippen LogP contribution in [0.25, 0.3) is 11.4 Å². The summed E-state index contributed by atoms with van der Waals surface area (Å²) in [7, 11) is -3.14. The molecule has 14 heteroatoms. The number of benzene rings is 1. The number of aromatic nitrogens is 3. The van der Waals surface area contributed by atoms with E-state index in [1.165, 1.54) is 24.3 Å². The van der Waals surface area contributed by atoms with Gasteiger partial charge in [-0.3, -0.25) is 4.72 Å². The van der Waals surface area contributed by atoms with Gasteiger partial charge in [0.15, 0.2) is 5.69 Å². The van der Waals surface area contributed by atoms with Crippen LogP contribution in [0.2, 0.25) is 0 Å². The number of esters is 1. The van der Waals surface area contributed by atoms with Gasteiger partial charge in [-0.05, 0) is 23.7 Å². The molecule has 0 radical (unpaired) electrons. The lowest BCUT2D eigenvalue weighted by Crippen LogP contribution is -2.16. The third-order valence-corrected chi connectivity index (χ3v) is 5.42. The highest BCUT2D eigenvalue weighted by atomic mass is 32.2. The van der Waals surface area contributed by atoms with E-state index in [0.29, 0.717) is 0 Å². The topological polar surface area (TPSA) is 124 Å². The van der Waals surface area contributed by atoms with Gasteiger partial charge in [0.05, 0.1) is 7.11 Å². The van der Waals surface area contributed by atoms with Crippen LogP contribution >= 0.6 is 11.5 Å². The quantitative estimate of drug-likeness (QED) is 0.608. The first kappa shape index (κ1) is 19.8. The van der Waals surface area contributed by atoms with Crippen LogP contribution in [-0.2, 0) is 20.9 Å². The third kappa shape index (κ3) is 3.96. The van der Waals surface area contributed by atoms with Crippen molar-refractivity contribution in [1.29, 1.82) is 0 Å². The molecule has 0 saturated heterocycles. The van der Waals surface area contributed by atoms with E-state index in [4.69, 9.17) is 0 Å². The maximum Gasteiger partial charge on any atom is 0.471 e. The summed E-state index contributed by atoms with van der Waals surface area (Å²) in [5, 5.41) is 4.38. The number of carbonyl (C=O) groups is 1. The number of ether oxygens (including phenoxy) is 1. The van der Waals surface area contributed by atoms with E-state index >= 15 is 0 Å². The first-order valence-corrected chi connectivity index (χ1v) is 9.50. The molecule has 0 fully saturated rings. The van der Waals surface area contributed by atoms with Crippen molar-refractivity contribution in [2.75, 3.05) is 11.8 Å². The highest BCUT2D eigenvalue weighted by Gasteiger charge is 2.38. The summed E-state index contributed by atoms with van der Waals surface area (Å²) in [5.74, 6) is -2.83. The lowest BCUT2D eigenvalue weighted by atomic mass is 10.2.